The Morgan fingerprint density at radius 2 is 1.52 bits per heavy atom. The molecule has 5 rings (SSSR count). The summed E-state index contributed by atoms with van der Waals surface area (Å²) < 4.78 is 0. The van der Waals surface area contributed by atoms with Gasteiger partial charge >= 0.3 is 0 Å². The lowest BCUT2D eigenvalue weighted by Crippen LogP contribution is -2.55. The number of nitro benzene ring substituents is 1. The van der Waals surface area contributed by atoms with Gasteiger partial charge in [0.25, 0.3) is 11.6 Å². The number of carbonyl (C=O) groups excluding carboxylic acids is 2. The van der Waals surface area contributed by atoms with Gasteiger partial charge < -0.3 is 20.9 Å². The minimum Gasteiger partial charge on any atom is -0.366 e. The SMILES string of the molecule is CN(C(=O)C1=CCC(C(N)=O)=CN1)C(C)(CN1CCC(c2ccccc2)(c2ccccc2)CC1)c1ccc([N+](=O)[O-])cc1.Cl. The molecule has 1 fully saturated rings. The molecule has 2 aliphatic heterocycles. The van der Waals surface area contributed by atoms with Crippen LogP contribution in [0.5, 0.6) is 0 Å². The molecule has 44 heavy (non-hydrogen) atoms. The third-order valence-corrected chi connectivity index (χ3v) is 9.11. The molecular formula is C34H38ClN5O4. The van der Waals surface area contributed by atoms with Crippen LogP contribution in [0.15, 0.2) is 108 Å². The number of rotatable bonds is 9. The molecule has 3 aromatic carbocycles. The number of hydrogen-bond acceptors (Lipinski definition) is 6. The zero-order chi connectivity index (χ0) is 30.6. The van der Waals surface area contributed by atoms with Gasteiger partial charge in [0.15, 0.2) is 0 Å². The van der Waals surface area contributed by atoms with Crippen LogP contribution in [0.25, 0.3) is 0 Å². The average Bonchev–Trinajstić information content (AvgIpc) is 3.05. The Labute approximate surface area is 264 Å². The van der Waals surface area contributed by atoms with Crippen LogP contribution in [-0.4, -0.2) is 53.2 Å². The second-order valence-corrected chi connectivity index (χ2v) is 11.5. The first-order valence-corrected chi connectivity index (χ1v) is 14.5. The van der Waals surface area contributed by atoms with E-state index in [2.05, 4.69) is 58.7 Å². The first kappa shape index (κ1) is 32.4. The largest absolute Gasteiger partial charge is 0.366 e. The Hall–Kier alpha value is -4.47. The van der Waals surface area contributed by atoms with Gasteiger partial charge in [0.2, 0.25) is 5.91 Å². The normalized spacial score (nSPS) is 17.5. The molecule has 3 N–H and O–H groups in total. The number of nitrogens with one attached hydrogen (secondary N) is 1. The molecule has 0 aromatic heterocycles. The predicted molar refractivity (Wildman–Crippen MR) is 173 cm³/mol. The number of dihydropyridines is 1. The fraction of sp³-hybridized carbons (Fsp3) is 0.294. The van der Waals surface area contributed by atoms with E-state index in [0.29, 0.717) is 17.8 Å². The number of amides is 2. The molecule has 1 saturated heterocycles. The molecule has 1 unspecified atom stereocenters. The number of likely N-dealkylation sites (tertiary alicyclic amines) is 1. The first-order chi connectivity index (χ1) is 20.6. The summed E-state index contributed by atoms with van der Waals surface area (Å²) in [6, 6.07) is 27.7. The number of non-ortho nitro benzene ring substituents is 1. The second-order valence-electron chi connectivity index (χ2n) is 11.5. The predicted octanol–water partition coefficient (Wildman–Crippen LogP) is 5.02. The van der Waals surface area contributed by atoms with Gasteiger partial charge in [0.05, 0.1) is 10.5 Å². The summed E-state index contributed by atoms with van der Waals surface area (Å²) in [5.74, 6) is -0.785. The Bertz CT molecular complexity index is 1510. The van der Waals surface area contributed by atoms with Gasteiger partial charge in [-0.15, -0.1) is 12.4 Å². The maximum Gasteiger partial charge on any atom is 0.270 e. The standard InChI is InChI=1S/C34H37N5O4.ClH/c1-33(26-14-16-29(17-15-26)39(42)43,37(2)32(41)30-18-13-25(23-36-30)31(35)40)24-38-21-19-34(20-22-38,27-9-5-3-6-10-27)28-11-7-4-8-12-28;/h3-12,14-18,23,36H,13,19-22,24H2,1-2H3,(H2,35,40);1H. The molecule has 0 spiro atoms. The number of carbonyl (C=O) groups is 2. The highest BCUT2D eigenvalue weighted by Crippen LogP contribution is 2.42. The van der Waals surface area contributed by atoms with Crippen LogP contribution >= 0.6 is 12.4 Å². The van der Waals surface area contributed by atoms with Gasteiger partial charge in [-0.05, 0) is 68.1 Å². The fourth-order valence-electron chi connectivity index (χ4n) is 6.34. The molecule has 2 amide bonds. The van der Waals surface area contributed by atoms with Crippen LogP contribution in [-0.2, 0) is 20.5 Å². The van der Waals surface area contributed by atoms with Crippen molar-refractivity contribution in [2.45, 2.75) is 37.1 Å². The number of hydrogen-bond donors (Lipinski definition) is 2. The number of nitro groups is 1. The van der Waals surface area contributed by atoms with Gasteiger partial charge in [-0.1, -0.05) is 66.7 Å². The van der Waals surface area contributed by atoms with Crippen LogP contribution < -0.4 is 11.1 Å². The van der Waals surface area contributed by atoms with Crippen molar-refractivity contribution in [3.63, 3.8) is 0 Å². The van der Waals surface area contributed by atoms with Gasteiger partial charge in [-0.3, -0.25) is 19.7 Å². The first-order valence-electron chi connectivity index (χ1n) is 14.5. The van der Waals surface area contributed by atoms with Crippen molar-refractivity contribution in [3.05, 3.63) is 135 Å². The zero-order valence-electron chi connectivity index (χ0n) is 24.9. The lowest BCUT2D eigenvalue weighted by molar-refractivity contribution is -0.384. The van der Waals surface area contributed by atoms with Crippen LogP contribution in [0, 0.1) is 10.1 Å². The minimum atomic E-state index is -0.818. The lowest BCUT2D eigenvalue weighted by atomic mass is 9.68. The van der Waals surface area contributed by atoms with Crippen molar-refractivity contribution in [3.8, 4) is 0 Å². The molecular weight excluding hydrogens is 578 g/mol. The van der Waals surface area contributed by atoms with E-state index >= 15 is 0 Å². The monoisotopic (exact) mass is 615 g/mol. The number of nitrogens with two attached hydrogens (primary N) is 1. The maximum atomic E-state index is 13.8. The summed E-state index contributed by atoms with van der Waals surface area (Å²) in [6.07, 6.45) is 5.22. The third-order valence-electron chi connectivity index (χ3n) is 9.11. The van der Waals surface area contributed by atoms with Gasteiger partial charge in [-0.25, -0.2) is 0 Å². The van der Waals surface area contributed by atoms with E-state index in [0.717, 1.165) is 31.5 Å². The number of piperidine rings is 1. The third kappa shape index (κ3) is 6.39. The number of primary amides is 1. The highest BCUT2D eigenvalue weighted by Gasteiger charge is 2.42. The van der Waals surface area contributed by atoms with Gasteiger partial charge in [0, 0.05) is 42.9 Å². The van der Waals surface area contributed by atoms with Crippen LogP contribution in [0.1, 0.15) is 42.9 Å². The molecule has 230 valence electrons. The highest BCUT2D eigenvalue weighted by molar-refractivity contribution is 5.96. The number of nitrogens with zero attached hydrogens (tertiary/aromatic N) is 3. The Morgan fingerprint density at radius 3 is 1.98 bits per heavy atom. The van der Waals surface area contributed by atoms with Gasteiger partial charge in [-0.2, -0.15) is 0 Å². The Morgan fingerprint density at radius 1 is 0.977 bits per heavy atom. The highest BCUT2D eigenvalue weighted by atomic mass is 35.5. The Balaban J connectivity index is 0.00000442. The quantitative estimate of drug-likeness (QED) is 0.258. The molecule has 3 aromatic rings. The molecule has 9 nitrogen and oxygen atoms in total. The maximum absolute atomic E-state index is 13.8. The van der Waals surface area contributed by atoms with Crippen molar-refractivity contribution in [2.75, 3.05) is 26.7 Å². The van der Waals surface area contributed by atoms with Crippen LogP contribution in [0.3, 0.4) is 0 Å². The average molecular weight is 616 g/mol. The van der Waals surface area contributed by atoms with E-state index in [-0.39, 0.29) is 35.8 Å². The van der Waals surface area contributed by atoms with E-state index in [1.807, 2.05) is 19.1 Å². The summed E-state index contributed by atoms with van der Waals surface area (Å²) in [4.78, 5) is 40.4. The van der Waals surface area contributed by atoms with E-state index in [9.17, 15) is 19.7 Å². The zero-order valence-corrected chi connectivity index (χ0v) is 25.8. The van der Waals surface area contributed by atoms with Crippen LogP contribution in [0.4, 0.5) is 5.69 Å². The van der Waals surface area contributed by atoms with Crippen molar-refractivity contribution in [1.82, 2.24) is 15.1 Å². The van der Waals surface area contributed by atoms with E-state index in [1.54, 1.807) is 30.2 Å². The van der Waals surface area contributed by atoms with Gasteiger partial charge in [0.1, 0.15) is 5.70 Å². The molecule has 0 saturated carbocycles. The van der Waals surface area contributed by atoms with Crippen LogP contribution in [0.2, 0.25) is 0 Å². The summed E-state index contributed by atoms with van der Waals surface area (Å²) >= 11 is 0. The van der Waals surface area contributed by atoms with E-state index in [1.165, 1.54) is 29.5 Å². The Kier molecular flexibility index (Phi) is 9.91. The molecule has 0 aliphatic carbocycles. The number of allylic oxidation sites excluding steroid dienone is 1. The summed E-state index contributed by atoms with van der Waals surface area (Å²) in [7, 11) is 1.75. The summed E-state index contributed by atoms with van der Waals surface area (Å²) in [5.41, 5.74) is 8.59. The minimum absolute atomic E-state index is 0. The number of benzene rings is 3. The summed E-state index contributed by atoms with van der Waals surface area (Å²) in [5, 5.41) is 14.3. The van der Waals surface area contributed by atoms with Crippen molar-refractivity contribution in [2.24, 2.45) is 5.73 Å². The smallest absolute Gasteiger partial charge is 0.270 e. The van der Waals surface area contributed by atoms with Crippen molar-refractivity contribution < 1.29 is 14.5 Å². The second kappa shape index (κ2) is 13.4. The molecule has 1 atom stereocenters. The number of halogens is 1. The molecule has 2 aliphatic rings. The topological polar surface area (TPSA) is 122 Å². The van der Waals surface area contributed by atoms with E-state index in [4.69, 9.17) is 5.73 Å². The fourth-order valence-corrected chi connectivity index (χ4v) is 6.34. The van der Waals surface area contributed by atoms with Crippen molar-refractivity contribution >= 4 is 29.9 Å². The number of likely N-dealkylation sites (N-methyl/N-ethyl adjacent to an activating group) is 1. The molecule has 0 radical (unpaired) electrons. The molecule has 0 bridgehead atoms. The molecule has 2 heterocycles. The van der Waals surface area contributed by atoms with E-state index < -0.39 is 16.4 Å². The molecule has 10 heteroatoms. The summed E-state index contributed by atoms with van der Waals surface area (Å²) in [6.45, 7) is 4.14. The lowest BCUT2D eigenvalue weighted by Gasteiger charge is -2.47. The van der Waals surface area contributed by atoms with Crippen molar-refractivity contribution in [1.29, 1.82) is 0 Å².